The Balaban J connectivity index is 1.76. The molecular formula is C15H28N2O3. The highest BCUT2D eigenvalue weighted by Crippen LogP contribution is 2.38. The third kappa shape index (κ3) is 2.74. The molecule has 0 aromatic rings. The van der Waals surface area contributed by atoms with E-state index in [1.54, 1.807) is 0 Å². The highest BCUT2D eigenvalue weighted by Gasteiger charge is 2.47. The molecule has 5 nitrogen and oxygen atoms in total. The molecule has 0 bridgehead atoms. The standard InChI is InChI=1S/C15H28N2O3/c1-11-10-18-12(2)9-17(11)14-8-15(19-6-7-20-15)5-4-13(14)16-3/h11-14,16H,4-10H2,1-3H3. The first-order chi connectivity index (χ1) is 9.63. The molecule has 116 valence electrons. The zero-order valence-corrected chi connectivity index (χ0v) is 12.9. The lowest BCUT2D eigenvalue weighted by atomic mass is 9.83. The predicted octanol–water partition coefficient (Wildman–Crippen LogP) is 0.979. The molecule has 1 saturated carbocycles. The summed E-state index contributed by atoms with van der Waals surface area (Å²) in [6.07, 6.45) is 3.39. The molecule has 3 aliphatic rings. The van der Waals surface area contributed by atoms with Gasteiger partial charge in [-0.25, -0.2) is 0 Å². The SMILES string of the molecule is CNC1CCC2(CC1N1CC(C)OCC1C)OCCO2. The van der Waals surface area contributed by atoms with E-state index in [0.717, 1.165) is 45.6 Å². The molecule has 1 N–H and O–H groups in total. The van der Waals surface area contributed by atoms with Crippen LogP contribution in [0.4, 0.5) is 0 Å². The van der Waals surface area contributed by atoms with E-state index < -0.39 is 0 Å². The van der Waals surface area contributed by atoms with Crippen LogP contribution >= 0.6 is 0 Å². The minimum Gasteiger partial charge on any atom is -0.376 e. The van der Waals surface area contributed by atoms with Crippen LogP contribution in [0.25, 0.3) is 0 Å². The third-order valence-corrected chi connectivity index (χ3v) is 5.09. The van der Waals surface area contributed by atoms with Crippen LogP contribution in [0.5, 0.6) is 0 Å². The molecule has 1 aliphatic carbocycles. The molecule has 2 aliphatic heterocycles. The van der Waals surface area contributed by atoms with E-state index in [9.17, 15) is 0 Å². The van der Waals surface area contributed by atoms with Crippen LogP contribution in [0.1, 0.15) is 33.1 Å². The van der Waals surface area contributed by atoms with Crippen LogP contribution in [0.15, 0.2) is 0 Å². The predicted molar refractivity (Wildman–Crippen MR) is 76.7 cm³/mol. The van der Waals surface area contributed by atoms with E-state index in [0.29, 0.717) is 24.2 Å². The van der Waals surface area contributed by atoms with Crippen LogP contribution in [0.2, 0.25) is 0 Å². The average molecular weight is 284 g/mol. The van der Waals surface area contributed by atoms with Gasteiger partial charge in [-0.15, -0.1) is 0 Å². The van der Waals surface area contributed by atoms with Gasteiger partial charge in [0, 0.05) is 37.5 Å². The largest absolute Gasteiger partial charge is 0.376 e. The number of nitrogens with one attached hydrogen (secondary N) is 1. The lowest BCUT2D eigenvalue weighted by molar-refractivity contribution is -0.201. The molecule has 3 fully saturated rings. The van der Waals surface area contributed by atoms with Crippen molar-refractivity contribution in [3.8, 4) is 0 Å². The van der Waals surface area contributed by atoms with Gasteiger partial charge in [0.1, 0.15) is 0 Å². The van der Waals surface area contributed by atoms with Crippen molar-refractivity contribution in [1.29, 1.82) is 0 Å². The minimum atomic E-state index is -0.320. The smallest absolute Gasteiger partial charge is 0.170 e. The lowest BCUT2D eigenvalue weighted by Crippen LogP contribution is -2.62. The summed E-state index contributed by atoms with van der Waals surface area (Å²) in [7, 11) is 2.07. The molecule has 5 heteroatoms. The first kappa shape index (κ1) is 14.7. The molecule has 4 unspecified atom stereocenters. The zero-order valence-electron chi connectivity index (χ0n) is 12.9. The van der Waals surface area contributed by atoms with E-state index in [1.165, 1.54) is 0 Å². The number of rotatable bonds is 2. The number of likely N-dealkylation sites (N-methyl/N-ethyl adjacent to an activating group) is 1. The van der Waals surface area contributed by atoms with Crippen LogP contribution in [-0.4, -0.2) is 68.3 Å². The Labute approximate surface area is 121 Å². The fourth-order valence-corrected chi connectivity index (χ4v) is 3.97. The molecule has 0 radical (unpaired) electrons. The van der Waals surface area contributed by atoms with E-state index >= 15 is 0 Å². The van der Waals surface area contributed by atoms with Crippen LogP contribution in [0, 0.1) is 0 Å². The van der Waals surface area contributed by atoms with Crippen molar-refractivity contribution in [3.63, 3.8) is 0 Å². The van der Waals surface area contributed by atoms with Crippen LogP contribution in [0.3, 0.4) is 0 Å². The Bertz CT molecular complexity index is 333. The first-order valence-electron chi connectivity index (χ1n) is 7.96. The van der Waals surface area contributed by atoms with Crippen molar-refractivity contribution in [1.82, 2.24) is 10.2 Å². The number of morpholine rings is 1. The molecule has 20 heavy (non-hydrogen) atoms. The summed E-state index contributed by atoms with van der Waals surface area (Å²) < 4.78 is 17.7. The number of ether oxygens (including phenoxy) is 3. The Hall–Kier alpha value is -0.200. The van der Waals surface area contributed by atoms with Gasteiger partial charge in [0.2, 0.25) is 0 Å². The van der Waals surface area contributed by atoms with Gasteiger partial charge < -0.3 is 19.5 Å². The Morgan fingerprint density at radius 2 is 1.95 bits per heavy atom. The van der Waals surface area contributed by atoms with Crippen molar-refractivity contribution < 1.29 is 14.2 Å². The molecular weight excluding hydrogens is 256 g/mol. The van der Waals surface area contributed by atoms with E-state index in [4.69, 9.17) is 14.2 Å². The van der Waals surface area contributed by atoms with Crippen molar-refractivity contribution in [3.05, 3.63) is 0 Å². The Morgan fingerprint density at radius 3 is 2.65 bits per heavy atom. The summed E-state index contributed by atoms with van der Waals surface area (Å²) in [6, 6.07) is 1.44. The molecule has 3 rings (SSSR count). The minimum absolute atomic E-state index is 0.312. The molecule has 2 heterocycles. The topological polar surface area (TPSA) is 43.0 Å². The fraction of sp³-hybridized carbons (Fsp3) is 1.00. The van der Waals surface area contributed by atoms with Crippen LogP contribution in [-0.2, 0) is 14.2 Å². The quantitative estimate of drug-likeness (QED) is 0.819. The number of nitrogens with zero attached hydrogens (tertiary/aromatic N) is 1. The third-order valence-electron chi connectivity index (χ3n) is 5.09. The summed E-state index contributed by atoms with van der Waals surface area (Å²) in [4.78, 5) is 2.60. The van der Waals surface area contributed by atoms with Gasteiger partial charge >= 0.3 is 0 Å². The van der Waals surface area contributed by atoms with Crippen LogP contribution < -0.4 is 5.32 Å². The van der Waals surface area contributed by atoms with Gasteiger partial charge in [-0.05, 0) is 27.3 Å². The Morgan fingerprint density at radius 1 is 1.20 bits per heavy atom. The molecule has 2 saturated heterocycles. The second-order valence-electron chi connectivity index (χ2n) is 6.50. The number of hydrogen-bond acceptors (Lipinski definition) is 5. The summed E-state index contributed by atoms with van der Waals surface area (Å²) >= 11 is 0. The van der Waals surface area contributed by atoms with E-state index in [2.05, 4.69) is 31.1 Å². The second kappa shape index (κ2) is 5.89. The van der Waals surface area contributed by atoms with Gasteiger partial charge in [0.15, 0.2) is 5.79 Å². The molecule has 4 atom stereocenters. The summed E-state index contributed by atoms with van der Waals surface area (Å²) in [5, 5.41) is 3.50. The zero-order chi connectivity index (χ0) is 14.2. The van der Waals surface area contributed by atoms with Crippen molar-refractivity contribution in [2.75, 3.05) is 33.4 Å². The maximum absolute atomic E-state index is 5.95. The second-order valence-corrected chi connectivity index (χ2v) is 6.50. The van der Waals surface area contributed by atoms with Crippen molar-refractivity contribution >= 4 is 0 Å². The molecule has 0 aromatic carbocycles. The van der Waals surface area contributed by atoms with Crippen molar-refractivity contribution in [2.24, 2.45) is 0 Å². The summed E-state index contributed by atoms with van der Waals surface area (Å²) in [6.45, 7) is 7.73. The Kier molecular flexibility index (Phi) is 4.34. The van der Waals surface area contributed by atoms with Gasteiger partial charge in [0.25, 0.3) is 0 Å². The highest BCUT2D eigenvalue weighted by molar-refractivity contribution is 4.98. The lowest BCUT2D eigenvalue weighted by Gasteiger charge is -2.50. The van der Waals surface area contributed by atoms with Gasteiger partial charge in [-0.2, -0.15) is 0 Å². The average Bonchev–Trinajstić information content (AvgIpc) is 2.90. The van der Waals surface area contributed by atoms with E-state index in [1.807, 2.05) is 0 Å². The van der Waals surface area contributed by atoms with Gasteiger partial charge in [-0.3, -0.25) is 4.90 Å². The summed E-state index contributed by atoms with van der Waals surface area (Å²) in [5.74, 6) is -0.320. The summed E-state index contributed by atoms with van der Waals surface area (Å²) in [5.41, 5.74) is 0. The fourth-order valence-electron chi connectivity index (χ4n) is 3.97. The van der Waals surface area contributed by atoms with Gasteiger partial charge in [0.05, 0.1) is 25.9 Å². The highest BCUT2D eigenvalue weighted by atomic mass is 16.7. The molecule has 0 amide bonds. The normalized spacial score (nSPS) is 42.1. The maximum atomic E-state index is 5.95. The van der Waals surface area contributed by atoms with Gasteiger partial charge in [-0.1, -0.05) is 0 Å². The molecule has 1 spiro atoms. The number of hydrogen-bond donors (Lipinski definition) is 1. The van der Waals surface area contributed by atoms with E-state index in [-0.39, 0.29) is 5.79 Å². The monoisotopic (exact) mass is 284 g/mol. The molecule has 0 aromatic heterocycles. The van der Waals surface area contributed by atoms with Crippen molar-refractivity contribution in [2.45, 2.75) is 63.1 Å². The first-order valence-corrected chi connectivity index (χ1v) is 7.96. The maximum Gasteiger partial charge on any atom is 0.170 e.